The summed E-state index contributed by atoms with van der Waals surface area (Å²) >= 11 is 3.35. The van der Waals surface area contributed by atoms with E-state index in [-0.39, 0.29) is 5.91 Å². The molecule has 1 aromatic carbocycles. The predicted octanol–water partition coefficient (Wildman–Crippen LogP) is 2.52. The Hall–Kier alpha value is -1.36. The average molecular weight is 297 g/mol. The van der Waals surface area contributed by atoms with Crippen LogP contribution in [-0.2, 0) is 0 Å². The van der Waals surface area contributed by atoms with E-state index in [0.29, 0.717) is 31.5 Å². The third kappa shape index (κ3) is 2.85. The lowest BCUT2D eigenvalue weighted by atomic mass is 10.1. The van der Waals surface area contributed by atoms with Crippen molar-refractivity contribution in [3.05, 3.63) is 34.3 Å². The molecule has 0 atom stereocenters. The van der Waals surface area contributed by atoms with Crippen LogP contribution in [0.5, 0.6) is 0 Å². The number of carbonyl (C=O) groups excluding carboxylic acids is 1. The molecule has 0 saturated carbocycles. The second-order valence-electron chi connectivity index (χ2n) is 3.97. The van der Waals surface area contributed by atoms with Crippen molar-refractivity contribution in [2.24, 2.45) is 5.16 Å². The van der Waals surface area contributed by atoms with Gasteiger partial charge in [-0.15, -0.1) is 0 Å². The Kier molecular flexibility index (Phi) is 3.78. The predicted molar refractivity (Wildman–Crippen MR) is 68.5 cm³/mol. The van der Waals surface area contributed by atoms with Crippen LogP contribution < -0.4 is 0 Å². The lowest BCUT2D eigenvalue weighted by Gasteiger charge is -2.27. The highest BCUT2D eigenvalue weighted by molar-refractivity contribution is 9.10. The monoisotopic (exact) mass is 296 g/mol. The number of rotatable bonds is 1. The molecule has 0 aliphatic carbocycles. The van der Waals surface area contributed by atoms with Gasteiger partial charge in [-0.25, -0.2) is 0 Å². The molecule has 2 rings (SSSR count). The van der Waals surface area contributed by atoms with Crippen molar-refractivity contribution < 1.29 is 10.0 Å². The molecule has 1 aliphatic heterocycles. The van der Waals surface area contributed by atoms with E-state index in [1.54, 1.807) is 4.90 Å². The first-order valence-electron chi connectivity index (χ1n) is 5.45. The molecule has 1 heterocycles. The normalized spacial score (nSPS) is 15.8. The van der Waals surface area contributed by atoms with Crippen LogP contribution in [0.1, 0.15) is 23.2 Å². The number of carbonyl (C=O) groups is 1. The molecule has 1 aromatic rings. The van der Waals surface area contributed by atoms with Gasteiger partial charge in [-0.2, -0.15) is 0 Å². The van der Waals surface area contributed by atoms with Gasteiger partial charge in [-0.3, -0.25) is 4.79 Å². The molecule has 0 aromatic heterocycles. The Labute approximate surface area is 108 Å². The standard InChI is InChI=1S/C12H13BrN2O2/c13-10-3-1-2-9(8-10)12(16)15-6-4-11(14-17)5-7-15/h1-3,8,17H,4-7H2. The Balaban J connectivity index is 2.07. The average Bonchev–Trinajstić information content (AvgIpc) is 2.38. The molecule has 1 aliphatic rings. The second kappa shape index (κ2) is 5.31. The van der Waals surface area contributed by atoms with Gasteiger partial charge in [0.1, 0.15) is 0 Å². The van der Waals surface area contributed by atoms with E-state index in [9.17, 15) is 4.79 Å². The molecule has 0 bridgehead atoms. The smallest absolute Gasteiger partial charge is 0.253 e. The first kappa shape index (κ1) is 12.1. The maximum absolute atomic E-state index is 12.1. The molecule has 90 valence electrons. The summed E-state index contributed by atoms with van der Waals surface area (Å²) in [5, 5.41) is 11.8. The van der Waals surface area contributed by atoms with Crippen LogP contribution in [0.3, 0.4) is 0 Å². The van der Waals surface area contributed by atoms with Crippen molar-refractivity contribution in [2.75, 3.05) is 13.1 Å². The van der Waals surface area contributed by atoms with E-state index in [4.69, 9.17) is 5.21 Å². The summed E-state index contributed by atoms with van der Waals surface area (Å²) in [7, 11) is 0. The molecule has 5 heteroatoms. The number of oxime groups is 1. The number of piperidine rings is 1. The molecule has 17 heavy (non-hydrogen) atoms. The van der Waals surface area contributed by atoms with Crippen LogP contribution >= 0.6 is 15.9 Å². The summed E-state index contributed by atoms with van der Waals surface area (Å²) in [5.41, 5.74) is 1.45. The number of hydrogen-bond acceptors (Lipinski definition) is 3. The molecule has 1 N–H and O–H groups in total. The van der Waals surface area contributed by atoms with E-state index in [0.717, 1.165) is 10.2 Å². The molecule has 1 fully saturated rings. The van der Waals surface area contributed by atoms with Gasteiger partial charge in [0.05, 0.1) is 5.71 Å². The molecule has 1 amide bonds. The minimum Gasteiger partial charge on any atom is -0.411 e. The number of amides is 1. The number of benzene rings is 1. The van der Waals surface area contributed by atoms with Gasteiger partial charge < -0.3 is 10.1 Å². The molecule has 0 radical (unpaired) electrons. The van der Waals surface area contributed by atoms with Gasteiger partial charge in [-0.1, -0.05) is 27.2 Å². The first-order chi connectivity index (χ1) is 8.20. The van der Waals surface area contributed by atoms with Crippen LogP contribution in [0.4, 0.5) is 0 Å². The molecule has 0 unspecified atom stereocenters. The minimum absolute atomic E-state index is 0.0308. The van der Waals surface area contributed by atoms with Gasteiger partial charge in [0, 0.05) is 36.0 Å². The van der Waals surface area contributed by atoms with Crippen molar-refractivity contribution in [3.63, 3.8) is 0 Å². The maximum Gasteiger partial charge on any atom is 0.253 e. The van der Waals surface area contributed by atoms with Crippen molar-refractivity contribution in [2.45, 2.75) is 12.8 Å². The van der Waals surface area contributed by atoms with E-state index < -0.39 is 0 Å². The van der Waals surface area contributed by atoms with E-state index in [2.05, 4.69) is 21.1 Å². The Bertz CT molecular complexity index is 450. The highest BCUT2D eigenvalue weighted by Crippen LogP contribution is 2.16. The fourth-order valence-corrected chi connectivity index (χ4v) is 2.27. The zero-order valence-corrected chi connectivity index (χ0v) is 10.9. The zero-order valence-electron chi connectivity index (χ0n) is 9.27. The lowest BCUT2D eigenvalue weighted by molar-refractivity contribution is 0.0753. The van der Waals surface area contributed by atoms with Gasteiger partial charge in [0.15, 0.2) is 0 Å². The molecule has 1 saturated heterocycles. The third-order valence-electron chi connectivity index (χ3n) is 2.84. The fraction of sp³-hybridized carbons (Fsp3) is 0.333. The third-order valence-corrected chi connectivity index (χ3v) is 3.33. The van der Waals surface area contributed by atoms with Gasteiger partial charge in [0.25, 0.3) is 5.91 Å². The summed E-state index contributed by atoms with van der Waals surface area (Å²) in [6.07, 6.45) is 1.30. The summed E-state index contributed by atoms with van der Waals surface area (Å²) < 4.78 is 0.901. The quantitative estimate of drug-likeness (QED) is 0.639. The first-order valence-corrected chi connectivity index (χ1v) is 6.24. The molecule has 4 nitrogen and oxygen atoms in total. The van der Waals surface area contributed by atoms with Crippen molar-refractivity contribution >= 4 is 27.5 Å². The lowest BCUT2D eigenvalue weighted by Crippen LogP contribution is -2.38. The molecular formula is C12H13BrN2O2. The summed E-state index contributed by atoms with van der Waals surface area (Å²) in [5.74, 6) is 0.0308. The van der Waals surface area contributed by atoms with Crippen molar-refractivity contribution in [3.8, 4) is 0 Å². The Morgan fingerprint density at radius 3 is 2.65 bits per heavy atom. The molecular weight excluding hydrogens is 284 g/mol. The van der Waals surface area contributed by atoms with E-state index >= 15 is 0 Å². The van der Waals surface area contributed by atoms with Crippen LogP contribution in [0, 0.1) is 0 Å². The van der Waals surface area contributed by atoms with Gasteiger partial charge in [0.2, 0.25) is 0 Å². The number of hydrogen-bond donors (Lipinski definition) is 1. The summed E-state index contributed by atoms with van der Waals surface area (Å²) in [4.78, 5) is 13.9. The van der Waals surface area contributed by atoms with E-state index in [1.165, 1.54) is 0 Å². The van der Waals surface area contributed by atoms with Crippen LogP contribution in [0.15, 0.2) is 33.9 Å². The Morgan fingerprint density at radius 1 is 1.35 bits per heavy atom. The zero-order chi connectivity index (χ0) is 12.3. The highest BCUT2D eigenvalue weighted by Gasteiger charge is 2.21. The van der Waals surface area contributed by atoms with Crippen molar-refractivity contribution in [1.29, 1.82) is 0 Å². The summed E-state index contributed by atoms with van der Waals surface area (Å²) in [6.45, 7) is 1.23. The molecule has 0 spiro atoms. The number of halogens is 1. The van der Waals surface area contributed by atoms with Crippen molar-refractivity contribution in [1.82, 2.24) is 4.90 Å². The topological polar surface area (TPSA) is 52.9 Å². The maximum atomic E-state index is 12.1. The fourth-order valence-electron chi connectivity index (χ4n) is 1.87. The van der Waals surface area contributed by atoms with Crippen LogP contribution in [0.2, 0.25) is 0 Å². The summed E-state index contributed by atoms with van der Waals surface area (Å²) in [6, 6.07) is 7.37. The number of likely N-dealkylation sites (tertiary alicyclic amines) is 1. The van der Waals surface area contributed by atoms with Gasteiger partial charge in [-0.05, 0) is 18.2 Å². The van der Waals surface area contributed by atoms with Gasteiger partial charge >= 0.3 is 0 Å². The largest absolute Gasteiger partial charge is 0.411 e. The van der Waals surface area contributed by atoms with E-state index in [1.807, 2.05) is 24.3 Å². The van der Waals surface area contributed by atoms with Crippen LogP contribution in [-0.4, -0.2) is 34.8 Å². The minimum atomic E-state index is 0.0308. The highest BCUT2D eigenvalue weighted by atomic mass is 79.9. The Morgan fingerprint density at radius 2 is 2.06 bits per heavy atom. The second-order valence-corrected chi connectivity index (χ2v) is 4.88. The SMILES string of the molecule is O=C(c1cccc(Br)c1)N1CCC(=NO)CC1. The number of nitrogens with zero attached hydrogens (tertiary/aromatic N) is 2. The van der Waals surface area contributed by atoms with Crippen LogP contribution in [0.25, 0.3) is 0 Å².